The first-order valence-corrected chi connectivity index (χ1v) is 4.22. The highest BCUT2D eigenvalue weighted by Crippen LogP contribution is 2.30. The van der Waals surface area contributed by atoms with Crippen LogP contribution in [0, 0.1) is 5.82 Å². The summed E-state index contributed by atoms with van der Waals surface area (Å²) < 4.78 is 12.8. The standard InChI is InChI=1S/C9H10ClFO2/c1-5(4-12)6-2-7(10)8(11)3-9(6)13/h2-3,5,12-13H,4H2,1H3. The molecule has 0 spiro atoms. The van der Waals surface area contributed by atoms with E-state index >= 15 is 0 Å². The van der Waals surface area contributed by atoms with Crippen LogP contribution in [0.4, 0.5) is 4.39 Å². The average molecular weight is 205 g/mol. The largest absolute Gasteiger partial charge is 0.508 e. The van der Waals surface area contributed by atoms with E-state index in [0.717, 1.165) is 6.07 Å². The van der Waals surface area contributed by atoms with Crippen molar-refractivity contribution < 1.29 is 14.6 Å². The molecule has 4 heteroatoms. The third kappa shape index (κ3) is 2.11. The Morgan fingerprint density at radius 1 is 1.54 bits per heavy atom. The van der Waals surface area contributed by atoms with Gasteiger partial charge in [0.05, 0.1) is 5.02 Å². The van der Waals surface area contributed by atoms with Crippen LogP contribution >= 0.6 is 11.6 Å². The van der Waals surface area contributed by atoms with Crippen molar-refractivity contribution in [2.75, 3.05) is 6.61 Å². The number of benzene rings is 1. The van der Waals surface area contributed by atoms with Gasteiger partial charge < -0.3 is 10.2 Å². The maximum absolute atomic E-state index is 12.8. The minimum Gasteiger partial charge on any atom is -0.508 e. The second-order valence-electron chi connectivity index (χ2n) is 2.91. The van der Waals surface area contributed by atoms with E-state index in [2.05, 4.69) is 0 Å². The van der Waals surface area contributed by atoms with Crippen LogP contribution in [0.3, 0.4) is 0 Å². The van der Waals surface area contributed by atoms with E-state index in [9.17, 15) is 9.50 Å². The molecule has 1 atom stereocenters. The van der Waals surface area contributed by atoms with E-state index in [0.29, 0.717) is 5.56 Å². The Kier molecular flexibility index (Phi) is 3.12. The Balaban J connectivity index is 3.15. The first kappa shape index (κ1) is 10.3. The summed E-state index contributed by atoms with van der Waals surface area (Å²) in [6.07, 6.45) is 0. The van der Waals surface area contributed by atoms with Crippen molar-refractivity contribution in [3.05, 3.63) is 28.5 Å². The maximum Gasteiger partial charge on any atom is 0.145 e. The van der Waals surface area contributed by atoms with Gasteiger partial charge in [0, 0.05) is 24.2 Å². The molecule has 2 N–H and O–H groups in total. The van der Waals surface area contributed by atoms with Gasteiger partial charge in [0.1, 0.15) is 11.6 Å². The fourth-order valence-electron chi connectivity index (χ4n) is 1.04. The number of phenols is 1. The van der Waals surface area contributed by atoms with E-state index in [1.165, 1.54) is 6.07 Å². The molecule has 0 aromatic heterocycles. The van der Waals surface area contributed by atoms with Crippen molar-refractivity contribution in [2.24, 2.45) is 0 Å². The van der Waals surface area contributed by atoms with Crippen LogP contribution in [0.15, 0.2) is 12.1 Å². The number of hydrogen-bond acceptors (Lipinski definition) is 2. The first-order chi connectivity index (χ1) is 6.06. The summed E-state index contributed by atoms with van der Waals surface area (Å²) in [7, 11) is 0. The molecule has 2 nitrogen and oxygen atoms in total. The number of halogens is 2. The molecule has 0 saturated carbocycles. The molecule has 1 aromatic carbocycles. The normalized spacial score (nSPS) is 12.9. The highest BCUT2D eigenvalue weighted by molar-refractivity contribution is 6.30. The Hall–Kier alpha value is -0.800. The zero-order valence-electron chi connectivity index (χ0n) is 7.09. The van der Waals surface area contributed by atoms with Crippen molar-refractivity contribution in [3.8, 4) is 5.75 Å². The van der Waals surface area contributed by atoms with Gasteiger partial charge >= 0.3 is 0 Å². The quantitative estimate of drug-likeness (QED) is 0.776. The number of hydrogen-bond donors (Lipinski definition) is 2. The average Bonchev–Trinajstić information content (AvgIpc) is 2.10. The highest BCUT2D eigenvalue weighted by Gasteiger charge is 2.12. The van der Waals surface area contributed by atoms with Crippen LogP contribution in [-0.4, -0.2) is 16.8 Å². The van der Waals surface area contributed by atoms with Gasteiger partial charge in [-0.1, -0.05) is 18.5 Å². The van der Waals surface area contributed by atoms with E-state index < -0.39 is 5.82 Å². The van der Waals surface area contributed by atoms with E-state index in [4.69, 9.17) is 16.7 Å². The van der Waals surface area contributed by atoms with Crippen molar-refractivity contribution in [3.63, 3.8) is 0 Å². The zero-order chi connectivity index (χ0) is 10.0. The summed E-state index contributed by atoms with van der Waals surface area (Å²) in [5.41, 5.74) is 0.453. The lowest BCUT2D eigenvalue weighted by atomic mass is 10.0. The summed E-state index contributed by atoms with van der Waals surface area (Å²) in [6.45, 7) is 1.60. The molecule has 1 rings (SSSR count). The Morgan fingerprint density at radius 3 is 2.69 bits per heavy atom. The molecule has 0 aliphatic carbocycles. The molecule has 0 fully saturated rings. The smallest absolute Gasteiger partial charge is 0.145 e. The second kappa shape index (κ2) is 3.94. The summed E-state index contributed by atoms with van der Waals surface area (Å²) in [4.78, 5) is 0. The second-order valence-corrected chi connectivity index (χ2v) is 3.32. The minimum absolute atomic E-state index is 0.0481. The maximum atomic E-state index is 12.8. The van der Waals surface area contributed by atoms with Crippen molar-refractivity contribution >= 4 is 11.6 Å². The van der Waals surface area contributed by atoms with Gasteiger partial charge in [-0.15, -0.1) is 0 Å². The summed E-state index contributed by atoms with van der Waals surface area (Å²) in [5, 5.41) is 18.1. The molecule has 0 radical (unpaired) electrons. The molecule has 0 aliphatic rings. The molecular weight excluding hydrogens is 195 g/mol. The lowest BCUT2D eigenvalue weighted by molar-refractivity contribution is 0.270. The monoisotopic (exact) mass is 204 g/mol. The van der Waals surface area contributed by atoms with Gasteiger partial charge in [-0.2, -0.15) is 0 Å². The highest BCUT2D eigenvalue weighted by atomic mass is 35.5. The lowest BCUT2D eigenvalue weighted by Crippen LogP contribution is -1.99. The zero-order valence-corrected chi connectivity index (χ0v) is 7.85. The van der Waals surface area contributed by atoms with Gasteiger partial charge in [0.25, 0.3) is 0 Å². The van der Waals surface area contributed by atoms with Crippen LogP contribution in [0.25, 0.3) is 0 Å². The molecule has 0 amide bonds. The molecule has 13 heavy (non-hydrogen) atoms. The minimum atomic E-state index is -0.659. The van der Waals surface area contributed by atoms with Crippen molar-refractivity contribution in [1.29, 1.82) is 0 Å². The molecular formula is C9H10ClFO2. The Morgan fingerprint density at radius 2 is 2.15 bits per heavy atom. The fraction of sp³-hybridized carbons (Fsp3) is 0.333. The lowest BCUT2D eigenvalue weighted by Gasteiger charge is -2.10. The molecule has 1 unspecified atom stereocenters. The molecule has 0 heterocycles. The van der Waals surface area contributed by atoms with E-state index in [1.54, 1.807) is 6.92 Å². The molecule has 0 aliphatic heterocycles. The summed E-state index contributed by atoms with van der Waals surface area (Å²) >= 11 is 5.52. The number of aliphatic hydroxyl groups is 1. The van der Waals surface area contributed by atoms with Gasteiger partial charge in [-0.05, 0) is 6.07 Å². The number of rotatable bonds is 2. The van der Waals surface area contributed by atoms with Gasteiger partial charge in [-0.3, -0.25) is 0 Å². The molecule has 0 saturated heterocycles. The molecule has 0 bridgehead atoms. The van der Waals surface area contributed by atoms with Gasteiger partial charge in [0.2, 0.25) is 0 Å². The summed E-state index contributed by atoms with van der Waals surface area (Å²) in [6, 6.07) is 2.27. The topological polar surface area (TPSA) is 40.5 Å². The third-order valence-corrected chi connectivity index (χ3v) is 2.16. The number of aromatic hydroxyl groups is 1. The van der Waals surface area contributed by atoms with Crippen LogP contribution < -0.4 is 0 Å². The first-order valence-electron chi connectivity index (χ1n) is 3.85. The predicted octanol–water partition coefficient (Wildman–Crippen LogP) is 2.28. The number of aliphatic hydroxyl groups excluding tert-OH is 1. The predicted molar refractivity (Wildman–Crippen MR) is 48.6 cm³/mol. The van der Waals surface area contributed by atoms with Gasteiger partial charge in [0.15, 0.2) is 0 Å². The van der Waals surface area contributed by atoms with Crippen molar-refractivity contribution in [1.82, 2.24) is 0 Å². The Labute approximate surface area is 80.6 Å². The third-order valence-electron chi connectivity index (χ3n) is 1.87. The Bertz CT molecular complexity index is 315. The SMILES string of the molecule is CC(CO)c1cc(Cl)c(F)cc1O. The van der Waals surface area contributed by atoms with E-state index in [-0.39, 0.29) is 23.3 Å². The van der Waals surface area contributed by atoms with Gasteiger partial charge in [-0.25, -0.2) is 4.39 Å². The number of phenolic OH excluding ortho intramolecular Hbond substituents is 1. The van der Waals surface area contributed by atoms with Crippen LogP contribution in [0.5, 0.6) is 5.75 Å². The van der Waals surface area contributed by atoms with Crippen LogP contribution in [-0.2, 0) is 0 Å². The van der Waals surface area contributed by atoms with Crippen LogP contribution in [0.2, 0.25) is 5.02 Å². The van der Waals surface area contributed by atoms with Crippen LogP contribution in [0.1, 0.15) is 18.4 Å². The van der Waals surface area contributed by atoms with E-state index in [1.807, 2.05) is 0 Å². The molecule has 1 aromatic rings. The fourth-order valence-corrected chi connectivity index (χ4v) is 1.22. The summed E-state index contributed by atoms with van der Waals surface area (Å²) in [5.74, 6) is -1.09. The molecule has 72 valence electrons. The van der Waals surface area contributed by atoms with Crippen molar-refractivity contribution in [2.45, 2.75) is 12.8 Å².